The van der Waals surface area contributed by atoms with E-state index in [0.717, 1.165) is 45.4 Å². The molecule has 6 heteroatoms. The molecule has 122 valence electrons. The number of hydrogen-bond acceptors (Lipinski definition) is 2. The van der Waals surface area contributed by atoms with Crippen LogP contribution >= 0.6 is 11.6 Å². The van der Waals surface area contributed by atoms with E-state index in [4.69, 9.17) is 16.3 Å². The average Bonchev–Trinajstić information content (AvgIpc) is 2.47. The quantitative estimate of drug-likeness (QED) is 0.825. The summed E-state index contributed by atoms with van der Waals surface area (Å²) in [5, 5.41) is 2.99. The van der Waals surface area contributed by atoms with E-state index in [0.29, 0.717) is 11.6 Å². The number of rotatable bonds is 5. The summed E-state index contributed by atoms with van der Waals surface area (Å²) >= 11 is 5.80. The number of amides is 2. The molecule has 0 saturated carbocycles. The lowest BCUT2D eigenvalue weighted by molar-refractivity contribution is 0.156. The number of piperidine rings is 1. The molecule has 0 aromatic heterocycles. The Kier molecular flexibility index (Phi) is 6.46. The molecular weight excluding hydrogens is 307 g/mol. The van der Waals surface area contributed by atoms with Crippen molar-refractivity contribution < 1.29 is 13.9 Å². The molecule has 1 unspecified atom stereocenters. The molecule has 0 bridgehead atoms. The number of nitrogens with one attached hydrogen (secondary N) is 1. The Morgan fingerprint density at radius 3 is 3.05 bits per heavy atom. The van der Waals surface area contributed by atoms with E-state index in [1.165, 1.54) is 12.1 Å². The number of likely N-dealkylation sites (tertiary alicyclic amines) is 1. The van der Waals surface area contributed by atoms with E-state index >= 15 is 0 Å². The SMILES string of the molecule is COCCCC1CCCN(C(=O)Nc2cc(F)cc(Cl)c2)C1. The molecule has 4 nitrogen and oxygen atoms in total. The van der Waals surface area contributed by atoms with Gasteiger partial charge in [-0.3, -0.25) is 0 Å². The number of nitrogens with zero attached hydrogens (tertiary/aromatic N) is 1. The Hall–Kier alpha value is -1.33. The van der Waals surface area contributed by atoms with Crippen molar-refractivity contribution in [2.75, 3.05) is 32.1 Å². The van der Waals surface area contributed by atoms with Crippen molar-refractivity contribution in [3.63, 3.8) is 0 Å². The number of anilines is 1. The minimum absolute atomic E-state index is 0.196. The summed E-state index contributed by atoms with van der Waals surface area (Å²) < 4.78 is 18.4. The fourth-order valence-corrected chi connectivity index (χ4v) is 3.05. The van der Waals surface area contributed by atoms with Crippen LogP contribution < -0.4 is 5.32 Å². The van der Waals surface area contributed by atoms with Gasteiger partial charge in [-0.15, -0.1) is 0 Å². The second-order valence-electron chi connectivity index (χ2n) is 5.68. The molecule has 1 saturated heterocycles. The van der Waals surface area contributed by atoms with Gasteiger partial charge in [0.05, 0.1) is 0 Å². The number of carbonyl (C=O) groups excluding carboxylic acids is 1. The Morgan fingerprint density at radius 1 is 1.50 bits per heavy atom. The van der Waals surface area contributed by atoms with Crippen LogP contribution in [0, 0.1) is 11.7 Å². The molecule has 1 aliphatic heterocycles. The molecule has 2 rings (SSSR count). The van der Waals surface area contributed by atoms with Gasteiger partial charge in [-0.2, -0.15) is 0 Å². The maximum absolute atomic E-state index is 13.3. The van der Waals surface area contributed by atoms with Crippen LogP contribution in [0.25, 0.3) is 0 Å². The van der Waals surface area contributed by atoms with Gasteiger partial charge in [0.1, 0.15) is 5.82 Å². The minimum Gasteiger partial charge on any atom is -0.385 e. The van der Waals surface area contributed by atoms with Crippen LogP contribution in [-0.4, -0.2) is 37.7 Å². The third-order valence-corrected chi connectivity index (χ3v) is 4.10. The molecule has 0 aliphatic carbocycles. The smallest absolute Gasteiger partial charge is 0.321 e. The standard InChI is InChI=1S/C16H22ClFN2O2/c1-22-7-3-5-12-4-2-6-20(11-12)16(21)19-15-9-13(17)8-14(18)10-15/h8-10,12H,2-7,11H2,1H3,(H,19,21). The van der Waals surface area contributed by atoms with E-state index in [1.54, 1.807) is 18.1 Å². The fourth-order valence-electron chi connectivity index (χ4n) is 2.83. The number of methoxy groups -OCH3 is 1. The average molecular weight is 329 g/mol. The lowest BCUT2D eigenvalue weighted by Crippen LogP contribution is -2.42. The summed E-state index contributed by atoms with van der Waals surface area (Å²) in [4.78, 5) is 14.1. The van der Waals surface area contributed by atoms with E-state index in [2.05, 4.69) is 5.32 Å². The molecule has 1 N–H and O–H groups in total. The number of benzene rings is 1. The van der Waals surface area contributed by atoms with Gasteiger partial charge in [0.15, 0.2) is 0 Å². The van der Waals surface area contributed by atoms with Crippen molar-refractivity contribution in [1.82, 2.24) is 4.90 Å². The predicted octanol–water partition coefficient (Wildman–Crippen LogP) is 4.15. The Labute approximate surface area is 135 Å². The van der Waals surface area contributed by atoms with Crippen molar-refractivity contribution in [1.29, 1.82) is 0 Å². The molecule has 2 amide bonds. The van der Waals surface area contributed by atoms with E-state index in [9.17, 15) is 9.18 Å². The monoisotopic (exact) mass is 328 g/mol. The van der Waals surface area contributed by atoms with Crippen LogP contribution in [0.3, 0.4) is 0 Å². The van der Waals surface area contributed by atoms with Crippen molar-refractivity contribution in [3.8, 4) is 0 Å². The first-order chi connectivity index (χ1) is 10.6. The highest BCUT2D eigenvalue weighted by molar-refractivity contribution is 6.30. The van der Waals surface area contributed by atoms with Crippen LogP contribution in [0.2, 0.25) is 5.02 Å². The molecule has 1 atom stereocenters. The molecule has 1 aromatic rings. The first-order valence-corrected chi connectivity index (χ1v) is 7.97. The van der Waals surface area contributed by atoms with Crippen LogP contribution in [0.4, 0.5) is 14.9 Å². The van der Waals surface area contributed by atoms with Gasteiger partial charge in [0, 0.05) is 37.5 Å². The van der Waals surface area contributed by atoms with Crippen molar-refractivity contribution in [2.24, 2.45) is 5.92 Å². The van der Waals surface area contributed by atoms with Gasteiger partial charge in [0.2, 0.25) is 0 Å². The lowest BCUT2D eigenvalue weighted by atomic mass is 9.94. The van der Waals surface area contributed by atoms with Crippen molar-refractivity contribution in [3.05, 3.63) is 29.0 Å². The number of urea groups is 1. The Bertz CT molecular complexity index is 493. The Balaban J connectivity index is 1.88. The zero-order chi connectivity index (χ0) is 15.9. The lowest BCUT2D eigenvalue weighted by Gasteiger charge is -2.32. The van der Waals surface area contributed by atoms with Crippen LogP contribution in [0.15, 0.2) is 18.2 Å². The second-order valence-corrected chi connectivity index (χ2v) is 6.11. The van der Waals surface area contributed by atoms with Gasteiger partial charge in [-0.05, 0) is 49.8 Å². The third-order valence-electron chi connectivity index (χ3n) is 3.88. The van der Waals surface area contributed by atoms with E-state index < -0.39 is 5.82 Å². The predicted molar refractivity (Wildman–Crippen MR) is 85.8 cm³/mol. The number of halogens is 2. The summed E-state index contributed by atoms with van der Waals surface area (Å²) in [5.74, 6) is 0.0460. The van der Waals surface area contributed by atoms with Gasteiger partial charge >= 0.3 is 6.03 Å². The number of ether oxygens (including phenoxy) is 1. The van der Waals surface area contributed by atoms with E-state index in [1.807, 2.05) is 0 Å². The molecule has 22 heavy (non-hydrogen) atoms. The highest BCUT2D eigenvalue weighted by Crippen LogP contribution is 2.23. The second kappa shape index (κ2) is 8.34. The maximum Gasteiger partial charge on any atom is 0.321 e. The highest BCUT2D eigenvalue weighted by atomic mass is 35.5. The summed E-state index contributed by atoms with van der Waals surface area (Å²) in [5.41, 5.74) is 0.386. The van der Waals surface area contributed by atoms with Crippen LogP contribution in [0.1, 0.15) is 25.7 Å². The largest absolute Gasteiger partial charge is 0.385 e. The van der Waals surface area contributed by atoms with Gasteiger partial charge < -0.3 is 15.0 Å². The molecule has 0 radical (unpaired) electrons. The van der Waals surface area contributed by atoms with Crippen molar-refractivity contribution in [2.45, 2.75) is 25.7 Å². The molecule has 1 heterocycles. The number of hydrogen-bond donors (Lipinski definition) is 1. The molecule has 1 aromatic carbocycles. The summed E-state index contributed by atoms with van der Waals surface area (Å²) in [6, 6.07) is 3.83. The molecule has 1 fully saturated rings. The fraction of sp³-hybridized carbons (Fsp3) is 0.562. The van der Waals surface area contributed by atoms with Gasteiger partial charge in [0.25, 0.3) is 0 Å². The summed E-state index contributed by atoms with van der Waals surface area (Å²) in [7, 11) is 1.70. The number of carbonyl (C=O) groups is 1. The Morgan fingerprint density at radius 2 is 2.32 bits per heavy atom. The molecular formula is C16H22ClFN2O2. The summed E-state index contributed by atoms with van der Waals surface area (Å²) in [6.07, 6.45) is 4.20. The van der Waals surface area contributed by atoms with Crippen LogP contribution in [0.5, 0.6) is 0 Å². The molecule has 0 spiro atoms. The first kappa shape index (κ1) is 17.0. The zero-order valence-electron chi connectivity index (χ0n) is 12.8. The molecule has 1 aliphatic rings. The normalized spacial score (nSPS) is 18.3. The minimum atomic E-state index is -0.459. The van der Waals surface area contributed by atoms with Gasteiger partial charge in [-0.1, -0.05) is 11.6 Å². The zero-order valence-corrected chi connectivity index (χ0v) is 13.5. The van der Waals surface area contributed by atoms with Gasteiger partial charge in [-0.25, -0.2) is 9.18 Å². The highest BCUT2D eigenvalue weighted by Gasteiger charge is 2.23. The third kappa shape index (κ3) is 5.14. The van der Waals surface area contributed by atoms with Crippen LogP contribution in [-0.2, 0) is 4.74 Å². The topological polar surface area (TPSA) is 41.6 Å². The van der Waals surface area contributed by atoms with Crippen molar-refractivity contribution >= 4 is 23.3 Å². The first-order valence-electron chi connectivity index (χ1n) is 7.59. The maximum atomic E-state index is 13.3. The van der Waals surface area contributed by atoms with E-state index in [-0.39, 0.29) is 11.1 Å². The summed E-state index contributed by atoms with van der Waals surface area (Å²) in [6.45, 7) is 2.22.